The number of hydrogen-bond acceptors (Lipinski definition) is 3. The van der Waals surface area contributed by atoms with Gasteiger partial charge in [0.25, 0.3) is 5.69 Å². The van der Waals surface area contributed by atoms with Crippen LogP contribution in [0.25, 0.3) is 5.69 Å². The molecule has 0 unspecified atom stereocenters. The van der Waals surface area contributed by atoms with E-state index in [0.29, 0.717) is 11.4 Å². The van der Waals surface area contributed by atoms with Crippen molar-refractivity contribution in [2.75, 3.05) is 0 Å². The Hall–Kier alpha value is -2.61. The predicted molar refractivity (Wildman–Crippen MR) is 57.1 cm³/mol. The SMILES string of the molecule is N#Cc1cccn1-c1ccccc1[N+](=O)[O-]. The maximum Gasteiger partial charge on any atom is 0.293 e. The normalized spacial score (nSPS) is 9.69. The van der Waals surface area contributed by atoms with Gasteiger partial charge in [-0.25, -0.2) is 0 Å². The highest BCUT2D eigenvalue weighted by Gasteiger charge is 2.15. The molecule has 0 bridgehead atoms. The van der Waals surface area contributed by atoms with Gasteiger partial charge in [-0.1, -0.05) is 12.1 Å². The molecule has 0 aliphatic heterocycles. The first-order valence-electron chi connectivity index (χ1n) is 4.55. The average molecular weight is 213 g/mol. The zero-order valence-corrected chi connectivity index (χ0v) is 8.20. The van der Waals surface area contributed by atoms with Crippen LogP contribution in [-0.2, 0) is 0 Å². The number of para-hydroxylation sites is 2. The van der Waals surface area contributed by atoms with Gasteiger partial charge >= 0.3 is 0 Å². The van der Waals surface area contributed by atoms with Gasteiger partial charge in [-0.2, -0.15) is 5.26 Å². The Morgan fingerprint density at radius 2 is 2.00 bits per heavy atom. The minimum absolute atomic E-state index is 0.0183. The number of nitriles is 1. The third-order valence-corrected chi connectivity index (χ3v) is 2.20. The number of nitrogens with zero attached hydrogens (tertiary/aromatic N) is 3. The second-order valence-corrected chi connectivity index (χ2v) is 3.12. The summed E-state index contributed by atoms with van der Waals surface area (Å²) in [5.74, 6) is 0. The Balaban J connectivity index is 2.66. The standard InChI is InChI=1S/C11H7N3O2/c12-8-9-4-3-7-13(9)10-5-1-2-6-11(10)14(15)16/h1-7H. The predicted octanol–water partition coefficient (Wildman–Crippen LogP) is 2.26. The van der Waals surface area contributed by atoms with E-state index in [1.165, 1.54) is 10.6 Å². The zero-order valence-electron chi connectivity index (χ0n) is 8.20. The van der Waals surface area contributed by atoms with Crippen LogP contribution >= 0.6 is 0 Å². The molecule has 2 rings (SSSR count). The van der Waals surface area contributed by atoms with E-state index >= 15 is 0 Å². The summed E-state index contributed by atoms with van der Waals surface area (Å²) in [6.45, 7) is 0. The van der Waals surface area contributed by atoms with Crippen molar-refractivity contribution in [3.63, 3.8) is 0 Å². The molecule has 2 aromatic rings. The van der Waals surface area contributed by atoms with E-state index in [1.807, 2.05) is 6.07 Å². The summed E-state index contributed by atoms with van der Waals surface area (Å²) in [6, 6.07) is 11.6. The monoisotopic (exact) mass is 213 g/mol. The lowest BCUT2D eigenvalue weighted by molar-refractivity contribution is -0.384. The molecule has 0 saturated heterocycles. The van der Waals surface area contributed by atoms with E-state index < -0.39 is 4.92 Å². The van der Waals surface area contributed by atoms with Crippen LogP contribution in [0.5, 0.6) is 0 Å². The summed E-state index contributed by atoms with van der Waals surface area (Å²) in [7, 11) is 0. The summed E-state index contributed by atoms with van der Waals surface area (Å²) in [6.07, 6.45) is 1.63. The molecule has 78 valence electrons. The van der Waals surface area contributed by atoms with Crippen molar-refractivity contribution < 1.29 is 4.92 Å². The lowest BCUT2D eigenvalue weighted by Gasteiger charge is -2.04. The van der Waals surface area contributed by atoms with Crippen LogP contribution in [0.2, 0.25) is 0 Å². The molecular formula is C11H7N3O2. The molecule has 0 aliphatic rings. The quantitative estimate of drug-likeness (QED) is 0.567. The Kier molecular flexibility index (Phi) is 2.40. The van der Waals surface area contributed by atoms with Gasteiger partial charge in [0.05, 0.1) is 4.92 Å². The first kappa shape index (κ1) is 9.93. The number of rotatable bonds is 2. The Bertz CT molecular complexity index is 581. The fourth-order valence-electron chi connectivity index (χ4n) is 1.50. The fourth-order valence-corrected chi connectivity index (χ4v) is 1.50. The number of nitro groups is 1. The van der Waals surface area contributed by atoms with Gasteiger partial charge in [-0.3, -0.25) is 10.1 Å². The first-order chi connectivity index (χ1) is 7.74. The number of hydrogen-bond donors (Lipinski definition) is 0. The van der Waals surface area contributed by atoms with E-state index in [1.54, 1.807) is 36.5 Å². The van der Waals surface area contributed by atoms with Crippen molar-refractivity contribution in [3.05, 3.63) is 58.4 Å². The van der Waals surface area contributed by atoms with Crippen molar-refractivity contribution in [2.45, 2.75) is 0 Å². The third kappa shape index (κ3) is 1.53. The third-order valence-electron chi connectivity index (χ3n) is 2.20. The first-order valence-corrected chi connectivity index (χ1v) is 4.55. The second-order valence-electron chi connectivity index (χ2n) is 3.12. The summed E-state index contributed by atoms with van der Waals surface area (Å²) < 4.78 is 1.50. The summed E-state index contributed by atoms with van der Waals surface area (Å²) in [4.78, 5) is 10.4. The lowest BCUT2D eigenvalue weighted by atomic mass is 10.2. The molecule has 0 amide bonds. The van der Waals surface area contributed by atoms with E-state index in [0.717, 1.165) is 0 Å². The zero-order chi connectivity index (χ0) is 11.5. The molecule has 1 aromatic carbocycles. The molecule has 0 radical (unpaired) electrons. The van der Waals surface area contributed by atoms with E-state index in [9.17, 15) is 10.1 Å². The van der Waals surface area contributed by atoms with Gasteiger partial charge in [0, 0.05) is 12.3 Å². The Morgan fingerprint density at radius 1 is 1.25 bits per heavy atom. The largest absolute Gasteiger partial charge is 0.302 e. The molecule has 0 saturated carbocycles. The van der Waals surface area contributed by atoms with Crippen LogP contribution in [0.3, 0.4) is 0 Å². The van der Waals surface area contributed by atoms with Crippen LogP contribution in [0.15, 0.2) is 42.6 Å². The van der Waals surface area contributed by atoms with Gasteiger partial charge in [-0.05, 0) is 18.2 Å². The molecule has 0 spiro atoms. The molecule has 0 aliphatic carbocycles. The van der Waals surface area contributed by atoms with Gasteiger partial charge < -0.3 is 4.57 Å². The van der Waals surface area contributed by atoms with Crippen LogP contribution < -0.4 is 0 Å². The number of nitro benzene ring substituents is 1. The molecule has 0 atom stereocenters. The molecule has 0 fully saturated rings. The highest BCUT2D eigenvalue weighted by molar-refractivity contribution is 5.54. The summed E-state index contributed by atoms with van der Waals surface area (Å²) >= 11 is 0. The van der Waals surface area contributed by atoms with Crippen molar-refractivity contribution in [2.24, 2.45) is 0 Å². The molecule has 5 heteroatoms. The van der Waals surface area contributed by atoms with E-state index in [2.05, 4.69) is 0 Å². The van der Waals surface area contributed by atoms with Crippen molar-refractivity contribution in [1.29, 1.82) is 5.26 Å². The maximum atomic E-state index is 10.8. The highest BCUT2D eigenvalue weighted by atomic mass is 16.6. The Morgan fingerprint density at radius 3 is 2.69 bits per heavy atom. The molecule has 0 N–H and O–H groups in total. The summed E-state index contributed by atoms with van der Waals surface area (Å²) in [5, 5.41) is 19.7. The van der Waals surface area contributed by atoms with Crippen LogP contribution in [0.4, 0.5) is 5.69 Å². The molecule has 1 aromatic heterocycles. The number of benzene rings is 1. The topological polar surface area (TPSA) is 71.9 Å². The molecule has 16 heavy (non-hydrogen) atoms. The minimum atomic E-state index is -0.462. The molecule has 1 heterocycles. The van der Waals surface area contributed by atoms with E-state index in [-0.39, 0.29) is 5.69 Å². The van der Waals surface area contributed by atoms with Crippen LogP contribution in [0.1, 0.15) is 5.69 Å². The summed E-state index contributed by atoms with van der Waals surface area (Å²) in [5.41, 5.74) is 0.749. The molecular weight excluding hydrogens is 206 g/mol. The second kappa shape index (κ2) is 3.87. The van der Waals surface area contributed by atoms with Gasteiger partial charge in [0.15, 0.2) is 0 Å². The van der Waals surface area contributed by atoms with Crippen molar-refractivity contribution in [3.8, 4) is 11.8 Å². The number of aromatic nitrogens is 1. The fraction of sp³-hybridized carbons (Fsp3) is 0. The average Bonchev–Trinajstić information content (AvgIpc) is 2.76. The van der Waals surface area contributed by atoms with Gasteiger partial charge in [-0.15, -0.1) is 0 Å². The van der Waals surface area contributed by atoms with Crippen LogP contribution in [-0.4, -0.2) is 9.49 Å². The van der Waals surface area contributed by atoms with Crippen molar-refractivity contribution in [1.82, 2.24) is 4.57 Å². The lowest BCUT2D eigenvalue weighted by Crippen LogP contribution is -2.00. The highest BCUT2D eigenvalue weighted by Crippen LogP contribution is 2.23. The Labute approximate surface area is 91.3 Å². The smallest absolute Gasteiger partial charge is 0.293 e. The van der Waals surface area contributed by atoms with E-state index in [4.69, 9.17) is 5.26 Å². The minimum Gasteiger partial charge on any atom is -0.302 e. The molecule has 5 nitrogen and oxygen atoms in total. The van der Waals surface area contributed by atoms with Gasteiger partial charge in [0.1, 0.15) is 17.5 Å². The van der Waals surface area contributed by atoms with Gasteiger partial charge in [0.2, 0.25) is 0 Å². The maximum absolute atomic E-state index is 10.8. The van der Waals surface area contributed by atoms with Crippen molar-refractivity contribution >= 4 is 5.69 Å². The van der Waals surface area contributed by atoms with Crippen LogP contribution in [0, 0.1) is 21.4 Å².